The van der Waals surface area contributed by atoms with Gasteiger partial charge < -0.3 is 11.1 Å². The molecule has 2 aromatic carbocycles. The number of halogens is 2. The standard InChI is InChI=1S/C16H14F2N2S/c17-13-6-10(16(19)21)7-14(18)15(13)20-8-11-5-9-3-1-2-4-12(9)11/h1-4,6-7,11,20H,5,8H2,(H2,19,21). The minimum absolute atomic E-state index is 0.0210. The number of nitrogens with two attached hydrogens (primary N) is 1. The van der Waals surface area contributed by atoms with Crippen LogP contribution in [0.4, 0.5) is 14.5 Å². The molecule has 2 aromatic rings. The van der Waals surface area contributed by atoms with Gasteiger partial charge in [-0.1, -0.05) is 36.5 Å². The van der Waals surface area contributed by atoms with E-state index in [1.54, 1.807) is 0 Å². The maximum atomic E-state index is 13.9. The van der Waals surface area contributed by atoms with Crippen LogP contribution >= 0.6 is 12.2 Å². The molecule has 0 aromatic heterocycles. The number of nitrogens with one attached hydrogen (secondary N) is 1. The highest BCUT2D eigenvalue weighted by Gasteiger charge is 2.25. The van der Waals surface area contributed by atoms with Crippen LogP contribution in [0.2, 0.25) is 0 Å². The van der Waals surface area contributed by atoms with Crippen LogP contribution in [0.1, 0.15) is 22.6 Å². The van der Waals surface area contributed by atoms with Gasteiger partial charge in [0.25, 0.3) is 0 Å². The van der Waals surface area contributed by atoms with E-state index in [1.165, 1.54) is 11.1 Å². The fourth-order valence-electron chi connectivity index (χ4n) is 2.65. The van der Waals surface area contributed by atoms with Gasteiger partial charge in [-0.2, -0.15) is 0 Å². The Balaban J connectivity index is 1.74. The van der Waals surface area contributed by atoms with Crippen LogP contribution in [-0.4, -0.2) is 11.5 Å². The maximum Gasteiger partial charge on any atom is 0.150 e. The summed E-state index contributed by atoms with van der Waals surface area (Å²) in [5, 5.41) is 2.86. The predicted molar refractivity (Wildman–Crippen MR) is 83.6 cm³/mol. The van der Waals surface area contributed by atoms with Crippen molar-refractivity contribution in [2.24, 2.45) is 5.73 Å². The van der Waals surface area contributed by atoms with E-state index in [4.69, 9.17) is 18.0 Å². The molecule has 3 rings (SSSR count). The van der Waals surface area contributed by atoms with Crippen LogP contribution in [0.3, 0.4) is 0 Å². The van der Waals surface area contributed by atoms with Gasteiger partial charge in [0.2, 0.25) is 0 Å². The molecule has 21 heavy (non-hydrogen) atoms. The molecule has 0 aliphatic heterocycles. The number of benzene rings is 2. The molecule has 3 N–H and O–H groups in total. The highest BCUT2D eigenvalue weighted by Crippen LogP contribution is 2.35. The number of hydrogen-bond acceptors (Lipinski definition) is 2. The lowest BCUT2D eigenvalue weighted by atomic mass is 9.77. The van der Waals surface area contributed by atoms with Gasteiger partial charge in [-0.15, -0.1) is 0 Å². The number of thiocarbonyl (C=S) groups is 1. The summed E-state index contributed by atoms with van der Waals surface area (Å²) < 4.78 is 27.8. The molecule has 1 aliphatic carbocycles. The van der Waals surface area contributed by atoms with Gasteiger partial charge in [0.15, 0.2) is 0 Å². The topological polar surface area (TPSA) is 38.0 Å². The van der Waals surface area contributed by atoms with Crippen LogP contribution in [-0.2, 0) is 6.42 Å². The second-order valence-electron chi connectivity index (χ2n) is 5.16. The number of fused-ring (bicyclic) bond motifs is 1. The maximum absolute atomic E-state index is 13.9. The molecule has 1 unspecified atom stereocenters. The lowest BCUT2D eigenvalue weighted by Gasteiger charge is -2.30. The Labute approximate surface area is 127 Å². The summed E-state index contributed by atoms with van der Waals surface area (Å²) in [6.45, 7) is 0.497. The summed E-state index contributed by atoms with van der Waals surface area (Å²) >= 11 is 4.73. The van der Waals surface area contributed by atoms with Crippen molar-refractivity contribution in [3.05, 3.63) is 64.7 Å². The molecule has 0 radical (unpaired) electrons. The fraction of sp³-hybridized carbons (Fsp3) is 0.188. The first-order valence-corrected chi connectivity index (χ1v) is 7.07. The minimum atomic E-state index is -0.676. The van der Waals surface area contributed by atoms with Crippen molar-refractivity contribution < 1.29 is 8.78 Å². The first-order chi connectivity index (χ1) is 10.1. The lowest BCUT2D eigenvalue weighted by Crippen LogP contribution is -2.25. The third kappa shape index (κ3) is 2.61. The Bertz CT molecular complexity index is 692. The van der Waals surface area contributed by atoms with E-state index in [-0.39, 0.29) is 22.2 Å². The van der Waals surface area contributed by atoms with E-state index in [2.05, 4.69) is 11.4 Å². The Morgan fingerprint density at radius 2 is 1.90 bits per heavy atom. The summed E-state index contributed by atoms with van der Waals surface area (Å²) in [7, 11) is 0. The molecule has 0 bridgehead atoms. The van der Waals surface area contributed by atoms with Gasteiger partial charge in [0.05, 0.1) is 0 Å². The van der Waals surface area contributed by atoms with Crippen molar-refractivity contribution >= 4 is 22.9 Å². The van der Waals surface area contributed by atoms with Crippen LogP contribution < -0.4 is 11.1 Å². The van der Waals surface area contributed by atoms with Crippen LogP contribution in [0, 0.1) is 11.6 Å². The van der Waals surface area contributed by atoms with Crippen molar-refractivity contribution in [1.82, 2.24) is 0 Å². The monoisotopic (exact) mass is 304 g/mol. The molecular weight excluding hydrogens is 290 g/mol. The Morgan fingerprint density at radius 1 is 1.24 bits per heavy atom. The first-order valence-electron chi connectivity index (χ1n) is 6.67. The van der Waals surface area contributed by atoms with Crippen molar-refractivity contribution in [2.75, 3.05) is 11.9 Å². The van der Waals surface area contributed by atoms with E-state index in [0.29, 0.717) is 6.54 Å². The zero-order valence-electron chi connectivity index (χ0n) is 11.2. The predicted octanol–water partition coefficient (Wildman–Crippen LogP) is 3.35. The zero-order valence-corrected chi connectivity index (χ0v) is 12.0. The highest BCUT2D eigenvalue weighted by molar-refractivity contribution is 7.80. The third-order valence-corrected chi connectivity index (χ3v) is 4.05. The van der Waals surface area contributed by atoms with E-state index >= 15 is 0 Å². The summed E-state index contributed by atoms with van der Waals surface area (Å²) in [5.74, 6) is -1.06. The quantitative estimate of drug-likeness (QED) is 0.851. The van der Waals surface area contributed by atoms with Gasteiger partial charge in [0, 0.05) is 18.0 Å². The second kappa shape index (κ2) is 5.41. The van der Waals surface area contributed by atoms with E-state index < -0.39 is 11.6 Å². The van der Waals surface area contributed by atoms with Gasteiger partial charge in [-0.05, 0) is 29.7 Å². The largest absolute Gasteiger partial charge is 0.389 e. The van der Waals surface area contributed by atoms with Crippen molar-refractivity contribution in [2.45, 2.75) is 12.3 Å². The normalized spacial score (nSPS) is 16.0. The molecule has 0 saturated carbocycles. The van der Waals surface area contributed by atoms with Gasteiger partial charge >= 0.3 is 0 Å². The molecule has 0 saturated heterocycles. The van der Waals surface area contributed by atoms with Crippen LogP contribution in [0.5, 0.6) is 0 Å². The van der Waals surface area contributed by atoms with Gasteiger partial charge in [0.1, 0.15) is 22.3 Å². The lowest BCUT2D eigenvalue weighted by molar-refractivity contribution is 0.579. The smallest absolute Gasteiger partial charge is 0.150 e. The van der Waals surface area contributed by atoms with Crippen molar-refractivity contribution in [3.63, 3.8) is 0 Å². The molecule has 5 heteroatoms. The van der Waals surface area contributed by atoms with E-state index in [0.717, 1.165) is 18.6 Å². The van der Waals surface area contributed by atoms with Crippen LogP contribution in [0.25, 0.3) is 0 Å². The molecule has 0 fully saturated rings. The van der Waals surface area contributed by atoms with Crippen LogP contribution in [0.15, 0.2) is 36.4 Å². The Morgan fingerprint density at radius 3 is 2.52 bits per heavy atom. The second-order valence-corrected chi connectivity index (χ2v) is 5.60. The highest BCUT2D eigenvalue weighted by atomic mass is 32.1. The van der Waals surface area contributed by atoms with Gasteiger partial charge in [-0.3, -0.25) is 0 Å². The number of rotatable bonds is 4. The summed E-state index contributed by atoms with van der Waals surface area (Å²) in [4.78, 5) is -0.0210. The van der Waals surface area contributed by atoms with E-state index in [9.17, 15) is 8.78 Å². The molecule has 108 valence electrons. The SMILES string of the molecule is NC(=S)c1cc(F)c(NCC2Cc3ccccc32)c(F)c1. The summed E-state index contributed by atoms with van der Waals surface area (Å²) in [5.41, 5.74) is 8.00. The molecule has 2 nitrogen and oxygen atoms in total. The van der Waals surface area contributed by atoms with E-state index in [1.807, 2.05) is 18.2 Å². The fourth-order valence-corrected chi connectivity index (χ4v) is 2.77. The minimum Gasteiger partial charge on any atom is -0.389 e. The molecule has 0 amide bonds. The molecular formula is C16H14F2N2S. The molecule has 0 heterocycles. The van der Waals surface area contributed by atoms with Crippen molar-refractivity contribution in [1.29, 1.82) is 0 Å². The average Bonchev–Trinajstić information content (AvgIpc) is 2.42. The average molecular weight is 304 g/mol. The zero-order chi connectivity index (χ0) is 15.0. The van der Waals surface area contributed by atoms with Gasteiger partial charge in [-0.25, -0.2) is 8.78 Å². The number of hydrogen-bond donors (Lipinski definition) is 2. The Kier molecular flexibility index (Phi) is 3.59. The van der Waals surface area contributed by atoms with Crippen molar-refractivity contribution in [3.8, 4) is 0 Å². The molecule has 1 atom stereocenters. The number of anilines is 1. The summed E-state index contributed by atoms with van der Waals surface area (Å²) in [6, 6.07) is 10.4. The molecule has 0 spiro atoms. The summed E-state index contributed by atoms with van der Waals surface area (Å²) in [6.07, 6.45) is 0.928. The molecule has 1 aliphatic rings. The Hall–Kier alpha value is -2.01. The first kappa shape index (κ1) is 13.9. The third-order valence-electron chi connectivity index (χ3n) is 3.81.